The number of amides is 1. The number of nitrogens with one attached hydrogen (secondary N) is 1. The minimum absolute atomic E-state index is 0.154. The summed E-state index contributed by atoms with van der Waals surface area (Å²) in [6, 6.07) is 0. The van der Waals surface area contributed by atoms with Crippen LogP contribution in [0.25, 0.3) is 0 Å². The molecule has 0 bridgehead atoms. The molecule has 0 aliphatic heterocycles. The van der Waals surface area contributed by atoms with Crippen LogP contribution in [0, 0.1) is 0 Å². The molecule has 1 atom stereocenters. The van der Waals surface area contributed by atoms with Crippen molar-refractivity contribution < 1.29 is 13.6 Å². The third kappa shape index (κ3) is 3.64. The van der Waals surface area contributed by atoms with Crippen LogP contribution in [0.15, 0.2) is 12.7 Å². The Balaban J connectivity index is 4.00. The van der Waals surface area contributed by atoms with Crippen LogP contribution in [0.3, 0.4) is 0 Å². The van der Waals surface area contributed by atoms with Gasteiger partial charge in [0.15, 0.2) is 11.1 Å². The zero-order valence-electron chi connectivity index (χ0n) is 7.16. The predicted octanol–water partition coefficient (Wildman–Crippen LogP) is 0.289. The molecule has 0 aromatic carbocycles. The summed E-state index contributed by atoms with van der Waals surface area (Å²) in [5.41, 5.74) is 0. The molecule has 0 aromatic rings. The Morgan fingerprint density at radius 3 is 2.58 bits per heavy atom. The van der Waals surface area contributed by atoms with E-state index in [1.807, 2.05) is 0 Å². The Morgan fingerprint density at radius 2 is 2.25 bits per heavy atom. The second-order valence-electron chi connectivity index (χ2n) is 2.93. The van der Waals surface area contributed by atoms with Crippen LogP contribution in [-0.2, 0) is 15.9 Å². The molecule has 2 N–H and O–H groups in total. The molecule has 5 heteroatoms. The average Bonchev–Trinajstić information content (AvgIpc) is 2.00. The maximum absolute atomic E-state index is 10.7. The Morgan fingerprint density at radius 1 is 1.75 bits per heavy atom. The first kappa shape index (κ1) is 11.3. The third-order valence-corrected chi connectivity index (χ3v) is 2.44. The standard InChI is InChI=1S/C7H13NO3S/c1-4-6(9)8-5-7(2,3)12(10)11/h4H,1,5H2,2-3H3,(H,8,9)(H,10,11). The first-order chi connectivity index (χ1) is 5.40. The molecule has 0 rings (SSSR count). The zero-order chi connectivity index (χ0) is 9.78. The van der Waals surface area contributed by atoms with Crippen molar-refractivity contribution in [1.82, 2.24) is 5.32 Å². The second-order valence-corrected chi connectivity index (χ2v) is 4.53. The summed E-state index contributed by atoms with van der Waals surface area (Å²) in [6.45, 7) is 6.59. The summed E-state index contributed by atoms with van der Waals surface area (Å²) in [6.07, 6.45) is 1.12. The van der Waals surface area contributed by atoms with Gasteiger partial charge in [-0.3, -0.25) is 4.79 Å². The molecular weight excluding hydrogens is 178 g/mol. The van der Waals surface area contributed by atoms with Gasteiger partial charge in [-0.1, -0.05) is 6.58 Å². The van der Waals surface area contributed by atoms with Gasteiger partial charge in [0.05, 0.1) is 4.75 Å². The molecule has 0 fully saturated rings. The van der Waals surface area contributed by atoms with Gasteiger partial charge in [-0.2, -0.15) is 0 Å². The van der Waals surface area contributed by atoms with Crippen molar-refractivity contribution in [3.05, 3.63) is 12.7 Å². The van der Waals surface area contributed by atoms with Gasteiger partial charge in [0.25, 0.3) is 0 Å². The van der Waals surface area contributed by atoms with Gasteiger partial charge in [0.2, 0.25) is 5.91 Å². The highest BCUT2D eigenvalue weighted by Gasteiger charge is 2.24. The molecule has 0 aromatic heterocycles. The maximum Gasteiger partial charge on any atom is 0.243 e. The minimum Gasteiger partial charge on any atom is -0.351 e. The quantitative estimate of drug-likeness (QED) is 0.496. The van der Waals surface area contributed by atoms with E-state index in [1.54, 1.807) is 13.8 Å². The van der Waals surface area contributed by atoms with Crippen LogP contribution < -0.4 is 5.32 Å². The topological polar surface area (TPSA) is 66.4 Å². The summed E-state index contributed by atoms with van der Waals surface area (Å²) in [5, 5.41) is 2.44. The lowest BCUT2D eigenvalue weighted by atomic mass is 10.2. The van der Waals surface area contributed by atoms with Gasteiger partial charge < -0.3 is 9.87 Å². The van der Waals surface area contributed by atoms with Gasteiger partial charge in [-0.15, -0.1) is 0 Å². The Labute approximate surface area is 74.3 Å². The van der Waals surface area contributed by atoms with E-state index in [4.69, 9.17) is 4.55 Å². The van der Waals surface area contributed by atoms with E-state index >= 15 is 0 Å². The molecule has 4 nitrogen and oxygen atoms in total. The van der Waals surface area contributed by atoms with Crippen LogP contribution in [0.2, 0.25) is 0 Å². The summed E-state index contributed by atoms with van der Waals surface area (Å²) >= 11 is -1.94. The first-order valence-electron chi connectivity index (χ1n) is 3.41. The van der Waals surface area contributed by atoms with Crippen LogP contribution in [-0.4, -0.2) is 26.0 Å². The van der Waals surface area contributed by atoms with Crippen molar-refractivity contribution >= 4 is 17.0 Å². The molecular formula is C7H13NO3S. The highest BCUT2D eigenvalue weighted by molar-refractivity contribution is 7.80. The smallest absolute Gasteiger partial charge is 0.243 e. The lowest BCUT2D eigenvalue weighted by Gasteiger charge is -2.19. The van der Waals surface area contributed by atoms with Crippen molar-refractivity contribution in [2.24, 2.45) is 0 Å². The van der Waals surface area contributed by atoms with Gasteiger partial charge in [0, 0.05) is 6.54 Å². The number of hydrogen-bond donors (Lipinski definition) is 2. The molecule has 12 heavy (non-hydrogen) atoms. The minimum atomic E-state index is -1.94. The van der Waals surface area contributed by atoms with E-state index in [9.17, 15) is 9.00 Å². The molecule has 70 valence electrons. The van der Waals surface area contributed by atoms with Crippen molar-refractivity contribution in [2.45, 2.75) is 18.6 Å². The summed E-state index contributed by atoms with van der Waals surface area (Å²) in [7, 11) is 0. The van der Waals surface area contributed by atoms with E-state index in [2.05, 4.69) is 11.9 Å². The van der Waals surface area contributed by atoms with Crippen molar-refractivity contribution in [1.29, 1.82) is 0 Å². The molecule has 0 radical (unpaired) electrons. The second kappa shape index (κ2) is 4.37. The maximum atomic E-state index is 10.7. The Hall–Kier alpha value is -0.680. The van der Waals surface area contributed by atoms with Crippen molar-refractivity contribution in [3.8, 4) is 0 Å². The molecule has 1 unspecified atom stereocenters. The number of carbonyl (C=O) groups is 1. The number of carbonyl (C=O) groups excluding carboxylic acids is 1. The molecule has 0 heterocycles. The first-order valence-corrected chi connectivity index (χ1v) is 4.52. The van der Waals surface area contributed by atoms with Gasteiger partial charge in [-0.05, 0) is 19.9 Å². The third-order valence-electron chi connectivity index (χ3n) is 1.35. The Bertz CT molecular complexity index is 213. The fourth-order valence-corrected chi connectivity index (χ4v) is 0.630. The summed E-state index contributed by atoms with van der Waals surface area (Å²) in [4.78, 5) is 10.7. The highest BCUT2D eigenvalue weighted by atomic mass is 32.2. The summed E-state index contributed by atoms with van der Waals surface area (Å²) in [5.74, 6) is -0.339. The normalized spacial score (nSPS) is 13.6. The van der Waals surface area contributed by atoms with E-state index < -0.39 is 15.8 Å². The molecule has 0 saturated carbocycles. The van der Waals surface area contributed by atoms with E-state index in [-0.39, 0.29) is 12.5 Å². The Kier molecular flexibility index (Phi) is 4.12. The van der Waals surface area contributed by atoms with E-state index in [0.29, 0.717) is 0 Å². The van der Waals surface area contributed by atoms with Crippen LogP contribution in [0.5, 0.6) is 0 Å². The molecule has 0 aliphatic carbocycles. The number of hydrogen-bond acceptors (Lipinski definition) is 2. The van der Waals surface area contributed by atoms with E-state index in [1.165, 1.54) is 0 Å². The zero-order valence-corrected chi connectivity index (χ0v) is 7.98. The molecule has 0 saturated heterocycles. The van der Waals surface area contributed by atoms with Gasteiger partial charge >= 0.3 is 0 Å². The molecule has 0 aliphatic rings. The molecule has 0 spiro atoms. The fourth-order valence-electron chi connectivity index (χ4n) is 0.434. The van der Waals surface area contributed by atoms with E-state index in [0.717, 1.165) is 6.08 Å². The van der Waals surface area contributed by atoms with Crippen LogP contribution >= 0.6 is 0 Å². The van der Waals surface area contributed by atoms with Gasteiger partial charge in [-0.25, -0.2) is 4.21 Å². The van der Waals surface area contributed by atoms with Gasteiger partial charge in [0.1, 0.15) is 0 Å². The van der Waals surface area contributed by atoms with Crippen LogP contribution in [0.1, 0.15) is 13.8 Å². The lowest BCUT2D eigenvalue weighted by Crippen LogP contribution is -2.40. The number of rotatable bonds is 4. The molecule has 1 amide bonds. The summed E-state index contributed by atoms with van der Waals surface area (Å²) < 4.78 is 18.6. The SMILES string of the molecule is C=CC(=O)NCC(C)(C)S(=O)O. The van der Waals surface area contributed by atoms with Crippen molar-refractivity contribution in [2.75, 3.05) is 6.54 Å². The monoisotopic (exact) mass is 191 g/mol. The van der Waals surface area contributed by atoms with Crippen molar-refractivity contribution in [3.63, 3.8) is 0 Å². The average molecular weight is 191 g/mol. The van der Waals surface area contributed by atoms with Crippen LogP contribution in [0.4, 0.5) is 0 Å². The highest BCUT2D eigenvalue weighted by Crippen LogP contribution is 2.08. The largest absolute Gasteiger partial charge is 0.351 e. The lowest BCUT2D eigenvalue weighted by molar-refractivity contribution is -0.116. The fraction of sp³-hybridized carbons (Fsp3) is 0.571. The predicted molar refractivity (Wildman–Crippen MR) is 48.1 cm³/mol.